The average Bonchev–Trinajstić information content (AvgIpc) is 2.80. The van der Waals surface area contributed by atoms with Gasteiger partial charge in [0.25, 0.3) is 0 Å². The van der Waals surface area contributed by atoms with Crippen molar-refractivity contribution in [3.8, 4) is 11.5 Å². The fourth-order valence-corrected chi connectivity index (χ4v) is 3.34. The number of rotatable bonds is 6. The molecule has 0 amide bonds. The van der Waals surface area contributed by atoms with Gasteiger partial charge in [0.1, 0.15) is 11.5 Å². The van der Waals surface area contributed by atoms with E-state index < -0.39 is 0 Å². The van der Waals surface area contributed by atoms with Crippen molar-refractivity contribution in [3.05, 3.63) is 47.1 Å². The molecule has 0 fully saturated rings. The van der Waals surface area contributed by atoms with Crippen molar-refractivity contribution >= 4 is 0 Å². The van der Waals surface area contributed by atoms with Gasteiger partial charge in [0.2, 0.25) is 0 Å². The SMILES string of the molecule is C=C(C)[C@@H]1CC(C)=C[C@H]1c1c(O)cc(CCCCO)cc1O. The second-order valence-corrected chi connectivity index (χ2v) is 6.42. The third kappa shape index (κ3) is 3.53. The Morgan fingerprint density at radius 2 is 1.86 bits per heavy atom. The number of aromatic hydroxyl groups is 2. The molecule has 1 aromatic rings. The van der Waals surface area contributed by atoms with Crippen molar-refractivity contribution in [2.75, 3.05) is 6.61 Å². The van der Waals surface area contributed by atoms with Crippen molar-refractivity contribution in [2.45, 2.75) is 45.4 Å². The molecule has 2 atom stereocenters. The zero-order valence-electron chi connectivity index (χ0n) is 13.5. The third-order valence-electron chi connectivity index (χ3n) is 4.48. The first-order valence-electron chi connectivity index (χ1n) is 7.92. The molecule has 22 heavy (non-hydrogen) atoms. The van der Waals surface area contributed by atoms with Crippen LogP contribution in [0.15, 0.2) is 35.9 Å². The van der Waals surface area contributed by atoms with Gasteiger partial charge in [0, 0.05) is 18.1 Å². The van der Waals surface area contributed by atoms with Gasteiger partial charge in [-0.25, -0.2) is 0 Å². The van der Waals surface area contributed by atoms with Crippen molar-refractivity contribution in [2.24, 2.45) is 5.92 Å². The maximum absolute atomic E-state index is 10.4. The normalized spacial score (nSPS) is 21.0. The monoisotopic (exact) mass is 302 g/mol. The van der Waals surface area contributed by atoms with E-state index in [1.807, 2.05) is 6.92 Å². The van der Waals surface area contributed by atoms with Gasteiger partial charge < -0.3 is 15.3 Å². The van der Waals surface area contributed by atoms with E-state index in [0.29, 0.717) is 5.56 Å². The second-order valence-electron chi connectivity index (χ2n) is 6.42. The summed E-state index contributed by atoms with van der Waals surface area (Å²) in [5, 5.41) is 29.6. The minimum atomic E-state index is -0.0102. The number of aliphatic hydroxyl groups is 1. The van der Waals surface area contributed by atoms with Crippen molar-refractivity contribution < 1.29 is 15.3 Å². The summed E-state index contributed by atoms with van der Waals surface area (Å²) in [6.07, 6.45) is 5.36. The number of benzene rings is 1. The van der Waals surface area contributed by atoms with Gasteiger partial charge in [-0.2, -0.15) is 0 Å². The van der Waals surface area contributed by atoms with Crippen molar-refractivity contribution in [1.82, 2.24) is 0 Å². The van der Waals surface area contributed by atoms with Crippen molar-refractivity contribution in [1.29, 1.82) is 0 Å². The number of hydrogen-bond acceptors (Lipinski definition) is 3. The van der Waals surface area contributed by atoms with Crippen LogP contribution < -0.4 is 0 Å². The highest BCUT2D eigenvalue weighted by molar-refractivity contribution is 5.52. The molecule has 2 rings (SSSR count). The van der Waals surface area contributed by atoms with Crippen LogP contribution >= 0.6 is 0 Å². The summed E-state index contributed by atoms with van der Waals surface area (Å²) in [6.45, 7) is 8.30. The molecule has 1 aromatic carbocycles. The zero-order valence-corrected chi connectivity index (χ0v) is 13.5. The summed E-state index contributed by atoms with van der Waals surface area (Å²) < 4.78 is 0. The largest absolute Gasteiger partial charge is 0.507 e. The van der Waals surface area contributed by atoms with Crippen LogP contribution in [0.3, 0.4) is 0 Å². The lowest BCUT2D eigenvalue weighted by molar-refractivity contribution is 0.284. The molecule has 0 unspecified atom stereocenters. The fourth-order valence-electron chi connectivity index (χ4n) is 3.34. The predicted octanol–water partition coefficient (Wildman–Crippen LogP) is 4.04. The first-order valence-corrected chi connectivity index (χ1v) is 7.92. The van der Waals surface area contributed by atoms with E-state index in [-0.39, 0.29) is 29.9 Å². The minimum Gasteiger partial charge on any atom is -0.507 e. The summed E-state index contributed by atoms with van der Waals surface area (Å²) in [6, 6.07) is 3.48. The van der Waals surface area contributed by atoms with Crippen molar-refractivity contribution in [3.63, 3.8) is 0 Å². The lowest BCUT2D eigenvalue weighted by Gasteiger charge is -2.22. The molecule has 0 saturated heterocycles. The Morgan fingerprint density at radius 1 is 1.23 bits per heavy atom. The Labute approximate surface area is 132 Å². The predicted molar refractivity (Wildman–Crippen MR) is 89.2 cm³/mol. The number of phenolic OH excluding ortho intramolecular Hbond substituents is 2. The van der Waals surface area contributed by atoms with Crippen LogP contribution in [-0.2, 0) is 6.42 Å². The maximum atomic E-state index is 10.4. The van der Waals surface area contributed by atoms with E-state index >= 15 is 0 Å². The molecule has 0 aliphatic heterocycles. The Bertz CT molecular complexity index is 563. The molecule has 0 aromatic heterocycles. The molecule has 0 radical (unpaired) electrons. The summed E-state index contributed by atoms with van der Waals surface area (Å²) in [5.74, 6) is 0.531. The molecule has 3 N–H and O–H groups in total. The minimum absolute atomic E-state index is 0.0102. The lowest BCUT2D eigenvalue weighted by Crippen LogP contribution is -2.08. The topological polar surface area (TPSA) is 60.7 Å². The molecule has 0 spiro atoms. The summed E-state index contributed by atoms with van der Waals surface area (Å²) >= 11 is 0. The standard InChI is InChI=1S/C19H26O3/c1-12(2)15-8-13(3)9-16(15)19-17(21)10-14(11-18(19)22)6-4-5-7-20/h9-11,15-16,20-22H,1,4-8H2,2-3H3/t15-,16+/m0/s1. The highest BCUT2D eigenvalue weighted by Crippen LogP contribution is 2.47. The van der Waals surface area contributed by atoms with Crippen LogP contribution in [0.1, 0.15) is 50.2 Å². The van der Waals surface area contributed by atoms with Gasteiger partial charge in [-0.1, -0.05) is 23.8 Å². The molecule has 0 bridgehead atoms. The molecule has 3 nitrogen and oxygen atoms in total. The maximum Gasteiger partial charge on any atom is 0.123 e. The fraction of sp³-hybridized carbons (Fsp3) is 0.474. The molecular weight excluding hydrogens is 276 g/mol. The second kappa shape index (κ2) is 7.01. The number of hydrogen-bond donors (Lipinski definition) is 3. The zero-order chi connectivity index (χ0) is 16.3. The Balaban J connectivity index is 2.29. The van der Waals surface area contributed by atoms with Gasteiger partial charge in [0.15, 0.2) is 0 Å². The first kappa shape index (κ1) is 16.6. The number of aliphatic hydroxyl groups excluding tert-OH is 1. The molecule has 120 valence electrons. The highest BCUT2D eigenvalue weighted by atomic mass is 16.3. The summed E-state index contributed by atoms with van der Waals surface area (Å²) in [5.41, 5.74) is 3.85. The smallest absolute Gasteiger partial charge is 0.123 e. The van der Waals surface area contributed by atoms with E-state index in [2.05, 4.69) is 19.6 Å². The van der Waals surface area contributed by atoms with Gasteiger partial charge in [-0.15, -0.1) is 0 Å². The van der Waals surface area contributed by atoms with Gasteiger partial charge in [-0.3, -0.25) is 0 Å². The molecule has 3 heteroatoms. The lowest BCUT2D eigenvalue weighted by atomic mass is 9.83. The van der Waals surface area contributed by atoms with E-state index in [0.717, 1.165) is 36.8 Å². The van der Waals surface area contributed by atoms with Crippen LogP contribution in [-0.4, -0.2) is 21.9 Å². The van der Waals surface area contributed by atoms with E-state index in [1.165, 1.54) is 5.57 Å². The number of allylic oxidation sites excluding steroid dienone is 3. The Kier molecular flexibility index (Phi) is 5.30. The first-order chi connectivity index (χ1) is 10.4. The average molecular weight is 302 g/mol. The number of unbranched alkanes of at least 4 members (excludes halogenated alkanes) is 1. The molecule has 1 aliphatic carbocycles. The van der Waals surface area contributed by atoms with E-state index in [4.69, 9.17) is 5.11 Å². The van der Waals surface area contributed by atoms with Crippen LogP contribution in [0.2, 0.25) is 0 Å². The third-order valence-corrected chi connectivity index (χ3v) is 4.48. The molecule has 0 heterocycles. The van der Waals surface area contributed by atoms with Gasteiger partial charge in [-0.05, 0) is 63.1 Å². The van der Waals surface area contributed by atoms with Crippen LogP contribution in [0.4, 0.5) is 0 Å². The number of phenols is 2. The van der Waals surface area contributed by atoms with Crippen LogP contribution in [0.25, 0.3) is 0 Å². The molecule has 0 saturated carbocycles. The molecule has 1 aliphatic rings. The molecular formula is C19H26O3. The summed E-state index contributed by atoms with van der Waals surface area (Å²) in [7, 11) is 0. The van der Waals surface area contributed by atoms with Crippen LogP contribution in [0.5, 0.6) is 11.5 Å². The van der Waals surface area contributed by atoms with Gasteiger partial charge >= 0.3 is 0 Å². The van der Waals surface area contributed by atoms with E-state index in [1.54, 1.807) is 12.1 Å². The Morgan fingerprint density at radius 3 is 2.41 bits per heavy atom. The quantitative estimate of drug-likeness (QED) is 0.549. The van der Waals surface area contributed by atoms with Gasteiger partial charge in [0.05, 0.1) is 0 Å². The Hall–Kier alpha value is -1.74. The number of aryl methyl sites for hydroxylation is 1. The summed E-state index contributed by atoms with van der Waals surface area (Å²) in [4.78, 5) is 0. The highest BCUT2D eigenvalue weighted by Gasteiger charge is 2.31. The van der Waals surface area contributed by atoms with E-state index in [9.17, 15) is 10.2 Å². The van der Waals surface area contributed by atoms with Crippen LogP contribution in [0, 0.1) is 5.92 Å².